The molecular weight excluding hydrogens is 340 g/mol. The van der Waals surface area contributed by atoms with Crippen LogP contribution < -0.4 is 0 Å². The molecule has 0 aliphatic carbocycles. The van der Waals surface area contributed by atoms with Gasteiger partial charge in [-0.05, 0) is 52.2 Å². The second-order valence-corrected chi connectivity index (χ2v) is 7.46. The Kier molecular flexibility index (Phi) is 4.31. The Morgan fingerprint density at radius 3 is 2.77 bits per heavy atom. The van der Waals surface area contributed by atoms with Gasteiger partial charge in [0.25, 0.3) is 5.91 Å². The minimum atomic E-state index is 0.180. The second kappa shape index (κ2) is 6.07. The summed E-state index contributed by atoms with van der Waals surface area (Å²) in [7, 11) is 0. The van der Waals surface area contributed by atoms with E-state index in [-0.39, 0.29) is 5.91 Å². The van der Waals surface area contributed by atoms with Crippen LogP contribution in [0.5, 0.6) is 0 Å². The zero-order valence-electron chi connectivity index (χ0n) is 13.5. The van der Waals surface area contributed by atoms with Crippen LogP contribution in [-0.2, 0) is 0 Å². The number of rotatable bonds is 2. The third-order valence-corrected chi connectivity index (χ3v) is 5.14. The van der Waals surface area contributed by atoms with Gasteiger partial charge >= 0.3 is 0 Å². The van der Waals surface area contributed by atoms with Gasteiger partial charge in [0.15, 0.2) is 0 Å². The third-order valence-electron chi connectivity index (χ3n) is 4.65. The summed E-state index contributed by atoms with van der Waals surface area (Å²) in [5, 5.41) is 1.06. The molecule has 22 heavy (non-hydrogen) atoms. The summed E-state index contributed by atoms with van der Waals surface area (Å²) in [4.78, 5) is 15.1. The molecule has 1 saturated heterocycles. The summed E-state index contributed by atoms with van der Waals surface area (Å²) >= 11 is 3.54. The Bertz CT molecular complexity index is 704. The average Bonchev–Trinajstić information content (AvgIpc) is 2.86. The predicted octanol–water partition coefficient (Wildman–Crippen LogP) is 5.00. The van der Waals surface area contributed by atoms with Gasteiger partial charge in [0.05, 0.1) is 11.1 Å². The summed E-state index contributed by atoms with van der Waals surface area (Å²) in [5.41, 5.74) is 1.96. The van der Waals surface area contributed by atoms with E-state index in [1.165, 1.54) is 6.42 Å². The number of hydrogen-bond donors (Lipinski definition) is 0. The van der Waals surface area contributed by atoms with Crippen molar-refractivity contribution in [3.05, 3.63) is 34.4 Å². The average molecular weight is 363 g/mol. The number of benzene rings is 1. The standard InChI is InChI=1S/C18H23BrN2O/c1-12(2)21-11-16(15-8-7-14(19)10-17(15)21)18(22)20-9-5-4-6-13(20)3/h7-8,10-13H,4-6,9H2,1-3H3. The molecule has 1 aliphatic heterocycles. The molecule has 2 heterocycles. The Hall–Kier alpha value is -1.29. The summed E-state index contributed by atoms with van der Waals surface area (Å²) in [6.45, 7) is 7.34. The van der Waals surface area contributed by atoms with E-state index in [1.807, 2.05) is 17.2 Å². The van der Waals surface area contributed by atoms with Gasteiger partial charge < -0.3 is 9.47 Å². The van der Waals surface area contributed by atoms with Crippen LogP contribution in [0.4, 0.5) is 0 Å². The number of aromatic nitrogens is 1. The summed E-state index contributed by atoms with van der Waals surface area (Å²) in [6.07, 6.45) is 5.49. The Balaban J connectivity index is 2.08. The molecule has 3 rings (SSSR count). The maximum absolute atomic E-state index is 13.0. The van der Waals surface area contributed by atoms with Gasteiger partial charge in [-0.2, -0.15) is 0 Å². The molecule has 4 heteroatoms. The van der Waals surface area contributed by atoms with Crippen molar-refractivity contribution in [3.63, 3.8) is 0 Å². The van der Waals surface area contributed by atoms with E-state index < -0.39 is 0 Å². The number of hydrogen-bond acceptors (Lipinski definition) is 1. The smallest absolute Gasteiger partial charge is 0.256 e. The first-order chi connectivity index (χ1) is 10.5. The van der Waals surface area contributed by atoms with Crippen molar-refractivity contribution in [2.75, 3.05) is 6.54 Å². The van der Waals surface area contributed by atoms with Crippen LogP contribution in [0.2, 0.25) is 0 Å². The van der Waals surface area contributed by atoms with Crippen LogP contribution in [0.15, 0.2) is 28.9 Å². The first kappa shape index (κ1) is 15.6. The maximum atomic E-state index is 13.0. The number of amides is 1. The second-order valence-electron chi connectivity index (χ2n) is 6.55. The fourth-order valence-corrected chi connectivity index (χ4v) is 3.73. The molecule has 3 nitrogen and oxygen atoms in total. The van der Waals surface area contributed by atoms with Gasteiger partial charge in [0, 0.05) is 34.7 Å². The molecule has 1 aromatic carbocycles. The van der Waals surface area contributed by atoms with Gasteiger partial charge in [-0.1, -0.05) is 22.0 Å². The van der Waals surface area contributed by atoms with E-state index in [0.29, 0.717) is 12.1 Å². The monoisotopic (exact) mass is 362 g/mol. The van der Waals surface area contributed by atoms with E-state index in [2.05, 4.69) is 53.4 Å². The molecule has 1 aromatic heterocycles. The molecule has 2 aromatic rings. The number of halogens is 1. The van der Waals surface area contributed by atoms with Crippen molar-refractivity contribution in [2.45, 2.75) is 52.1 Å². The van der Waals surface area contributed by atoms with Gasteiger partial charge in [0.2, 0.25) is 0 Å². The van der Waals surface area contributed by atoms with Gasteiger partial charge in [0.1, 0.15) is 0 Å². The molecule has 0 saturated carbocycles. The molecular formula is C18H23BrN2O. The highest BCUT2D eigenvalue weighted by Gasteiger charge is 2.27. The zero-order chi connectivity index (χ0) is 15.9. The number of likely N-dealkylation sites (tertiary alicyclic amines) is 1. The summed E-state index contributed by atoms with van der Waals surface area (Å²) < 4.78 is 3.24. The Morgan fingerprint density at radius 2 is 2.09 bits per heavy atom. The van der Waals surface area contributed by atoms with E-state index in [0.717, 1.165) is 40.3 Å². The van der Waals surface area contributed by atoms with Crippen LogP contribution >= 0.6 is 15.9 Å². The molecule has 1 aliphatic rings. The van der Waals surface area contributed by atoms with E-state index in [1.54, 1.807) is 0 Å². The lowest BCUT2D eigenvalue weighted by atomic mass is 10.0. The molecule has 1 fully saturated rings. The van der Waals surface area contributed by atoms with E-state index in [9.17, 15) is 4.79 Å². The van der Waals surface area contributed by atoms with Crippen molar-refractivity contribution in [2.24, 2.45) is 0 Å². The molecule has 0 radical (unpaired) electrons. The van der Waals surface area contributed by atoms with Crippen molar-refractivity contribution in [1.82, 2.24) is 9.47 Å². The molecule has 0 spiro atoms. The normalized spacial score (nSPS) is 19.1. The topological polar surface area (TPSA) is 25.2 Å². The molecule has 1 unspecified atom stereocenters. The maximum Gasteiger partial charge on any atom is 0.256 e. The minimum Gasteiger partial charge on any atom is -0.344 e. The molecule has 1 amide bonds. The number of carbonyl (C=O) groups excluding carboxylic acids is 1. The van der Waals surface area contributed by atoms with Gasteiger partial charge in [-0.25, -0.2) is 0 Å². The van der Waals surface area contributed by atoms with Gasteiger partial charge in [-0.3, -0.25) is 4.79 Å². The van der Waals surface area contributed by atoms with Crippen molar-refractivity contribution in [3.8, 4) is 0 Å². The lowest BCUT2D eigenvalue weighted by Gasteiger charge is -2.33. The van der Waals surface area contributed by atoms with Crippen LogP contribution in [0.3, 0.4) is 0 Å². The quantitative estimate of drug-likeness (QED) is 0.737. The summed E-state index contributed by atoms with van der Waals surface area (Å²) in [6, 6.07) is 6.85. The number of nitrogens with zero attached hydrogens (tertiary/aromatic N) is 2. The van der Waals surface area contributed by atoms with Gasteiger partial charge in [-0.15, -0.1) is 0 Å². The fourth-order valence-electron chi connectivity index (χ4n) is 3.38. The molecule has 0 N–H and O–H groups in total. The van der Waals surface area contributed by atoms with Crippen molar-refractivity contribution >= 4 is 32.7 Å². The number of piperidine rings is 1. The lowest BCUT2D eigenvalue weighted by Crippen LogP contribution is -2.41. The fraction of sp³-hybridized carbons (Fsp3) is 0.500. The SMILES string of the molecule is CC1CCCCN1C(=O)c1cn(C(C)C)c2cc(Br)ccc12. The highest BCUT2D eigenvalue weighted by Crippen LogP contribution is 2.30. The zero-order valence-corrected chi connectivity index (χ0v) is 15.1. The molecule has 0 bridgehead atoms. The highest BCUT2D eigenvalue weighted by atomic mass is 79.9. The number of fused-ring (bicyclic) bond motifs is 1. The predicted molar refractivity (Wildman–Crippen MR) is 94.4 cm³/mol. The largest absolute Gasteiger partial charge is 0.344 e. The minimum absolute atomic E-state index is 0.180. The molecule has 118 valence electrons. The first-order valence-electron chi connectivity index (χ1n) is 8.10. The highest BCUT2D eigenvalue weighted by molar-refractivity contribution is 9.10. The van der Waals surface area contributed by atoms with E-state index >= 15 is 0 Å². The third kappa shape index (κ3) is 2.69. The molecule has 1 atom stereocenters. The Labute approximate surface area is 140 Å². The van der Waals surface area contributed by atoms with Crippen LogP contribution in [0.1, 0.15) is 56.4 Å². The van der Waals surface area contributed by atoms with Crippen LogP contribution in [0, 0.1) is 0 Å². The lowest BCUT2D eigenvalue weighted by molar-refractivity contribution is 0.0637. The number of carbonyl (C=O) groups is 1. The summed E-state index contributed by atoms with van der Waals surface area (Å²) in [5.74, 6) is 0.180. The Morgan fingerprint density at radius 1 is 1.32 bits per heavy atom. The van der Waals surface area contributed by atoms with Crippen molar-refractivity contribution < 1.29 is 4.79 Å². The first-order valence-corrected chi connectivity index (χ1v) is 8.89. The van der Waals surface area contributed by atoms with Crippen molar-refractivity contribution in [1.29, 1.82) is 0 Å². The van der Waals surface area contributed by atoms with Crippen LogP contribution in [-0.4, -0.2) is 28.0 Å². The van der Waals surface area contributed by atoms with E-state index in [4.69, 9.17) is 0 Å². The van der Waals surface area contributed by atoms with Crippen LogP contribution in [0.25, 0.3) is 10.9 Å².